The van der Waals surface area contributed by atoms with Crippen LogP contribution in [0.1, 0.15) is 105 Å². The SMILES string of the molecule is C.C.C.O=C(Cl)c1cc(C(=O)Cl)cc(C(=O)OCC2CO2)c1.O=C(Cl)c1cc(C(=O)OCC2CO2)cc(C(=O)OCC2CO2)c1.O=C(Cl)c1cc(OCC2CO2)cc(C(=O)Cl)c1. The first kappa shape index (κ1) is 53.6. The molecule has 16 nitrogen and oxygen atoms in total. The van der Waals surface area contributed by atoms with Gasteiger partial charge < -0.3 is 37.9 Å². The van der Waals surface area contributed by atoms with Crippen LogP contribution < -0.4 is 4.74 Å². The largest absolute Gasteiger partial charge is 0.491 e. The first-order chi connectivity index (χ1) is 28.1. The number of rotatable bonds is 17. The van der Waals surface area contributed by atoms with E-state index in [-0.39, 0.29) is 111 Å². The van der Waals surface area contributed by atoms with E-state index >= 15 is 0 Å². The molecule has 4 atom stereocenters. The van der Waals surface area contributed by atoms with Gasteiger partial charge in [0, 0.05) is 27.8 Å². The van der Waals surface area contributed by atoms with E-state index < -0.39 is 44.1 Å². The molecule has 0 bridgehead atoms. The molecule has 0 aliphatic carbocycles. The van der Waals surface area contributed by atoms with Crippen molar-refractivity contribution in [1.29, 1.82) is 0 Å². The molecule has 4 fully saturated rings. The number of carbonyl (C=O) groups is 8. The quantitative estimate of drug-likeness (QED) is 0.0560. The number of halogens is 5. The van der Waals surface area contributed by atoms with E-state index in [9.17, 15) is 38.4 Å². The maximum atomic E-state index is 12.0. The fourth-order valence-corrected chi connectivity index (χ4v) is 5.01. The molecule has 21 heteroatoms. The molecule has 0 radical (unpaired) electrons. The third kappa shape index (κ3) is 18.1. The lowest BCUT2D eigenvalue weighted by molar-refractivity contribution is 0.0463. The van der Waals surface area contributed by atoms with Gasteiger partial charge in [-0.25, -0.2) is 14.4 Å². The summed E-state index contributed by atoms with van der Waals surface area (Å²) in [6.07, 6.45) is -0.157. The second-order valence-electron chi connectivity index (χ2n) is 12.6. The van der Waals surface area contributed by atoms with Crippen molar-refractivity contribution in [3.8, 4) is 5.75 Å². The van der Waals surface area contributed by atoms with E-state index in [4.69, 9.17) is 95.9 Å². The lowest BCUT2D eigenvalue weighted by Crippen LogP contribution is -2.14. The fourth-order valence-electron chi connectivity index (χ4n) is 4.46. The van der Waals surface area contributed by atoms with Crippen LogP contribution in [0, 0.1) is 0 Å². The Morgan fingerprint density at radius 2 is 0.597 bits per heavy atom. The van der Waals surface area contributed by atoms with E-state index in [1.807, 2.05) is 0 Å². The average molecular weight is 967 g/mol. The molecule has 4 unspecified atom stereocenters. The lowest BCUT2D eigenvalue weighted by atomic mass is 10.1. The summed E-state index contributed by atoms with van der Waals surface area (Å²) in [5, 5.41) is -3.71. The molecular formula is C41H41Cl5O16. The summed E-state index contributed by atoms with van der Waals surface area (Å²) in [5.41, 5.74) is 0.494. The highest BCUT2D eigenvalue weighted by Crippen LogP contribution is 2.23. The Balaban J connectivity index is 0.000000316. The van der Waals surface area contributed by atoms with Crippen LogP contribution in [0.15, 0.2) is 54.6 Å². The fraction of sp³-hybridized carbons (Fsp3) is 0.366. The van der Waals surface area contributed by atoms with Crippen LogP contribution in [0.25, 0.3) is 0 Å². The van der Waals surface area contributed by atoms with Crippen LogP contribution in [-0.2, 0) is 33.2 Å². The molecule has 7 rings (SSSR count). The third-order valence-electron chi connectivity index (χ3n) is 7.86. The second-order valence-corrected chi connectivity index (χ2v) is 14.4. The molecule has 4 aliphatic rings. The van der Waals surface area contributed by atoms with Crippen LogP contribution in [0.2, 0.25) is 0 Å². The molecule has 4 saturated heterocycles. The normalized spacial score (nSPS) is 18.0. The zero-order valence-electron chi connectivity index (χ0n) is 30.1. The van der Waals surface area contributed by atoms with E-state index in [0.29, 0.717) is 38.8 Å². The number of ether oxygens (including phenoxy) is 8. The molecule has 0 aromatic heterocycles. The molecule has 336 valence electrons. The predicted octanol–water partition coefficient (Wildman–Crippen LogP) is 7.31. The van der Waals surface area contributed by atoms with Crippen molar-refractivity contribution in [2.45, 2.75) is 46.7 Å². The van der Waals surface area contributed by atoms with Crippen molar-refractivity contribution in [3.63, 3.8) is 0 Å². The Bertz CT molecular complexity index is 2030. The van der Waals surface area contributed by atoms with Gasteiger partial charge in [0.2, 0.25) is 0 Å². The van der Waals surface area contributed by atoms with Gasteiger partial charge in [0.25, 0.3) is 26.2 Å². The molecule has 0 amide bonds. The van der Waals surface area contributed by atoms with Gasteiger partial charge in [0.1, 0.15) is 56.6 Å². The monoisotopic (exact) mass is 964 g/mol. The summed E-state index contributed by atoms with van der Waals surface area (Å²) in [4.78, 5) is 91.4. The van der Waals surface area contributed by atoms with Gasteiger partial charge in [0.05, 0.1) is 43.1 Å². The second kappa shape index (κ2) is 25.0. The van der Waals surface area contributed by atoms with Crippen molar-refractivity contribution < 1.29 is 76.3 Å². The first-order valence-electron chi connectivity index (χ1n) is 17.1. The number of hydrogen-bond donors (Lipinski definition) is 0. The van der Waals surface area contributed by atoms with Gasteiger partial charge in [-0.15, -0.1) is 0 Å². The average Bonchev–Trinajstić information content (AvgIpc) is 4.02. The Kier molecular flexibility index (Phi) is 21.6. The number of hydrogen-bond acceptors (Lipinski definition) is 16. The summed E-state index contributed by atoms with van der Waals surface area (Å²) < 4.78 is 40.1. The van der Waals surface area contributed by atoms with Gasteiger partial charge in [-0.3, -0.25) is 24.0 Å². The van der Waals surface area contributed by atoms with E-state index in [1.165, 1.54) is 54.6 Å². The maximum absolute atomic E-state index is 12.0. The Labute approximate surface area is 381 Å². The Hall–Kier alpha value is -4.49. The summed E-state index contributed by atoms with van der Waals surface area (Å²) in [5.74, 6) is -1.63. The molecule has 0 N–H and O–H groups in total. The minimum atomic E-state index is -0.792. The molecule has 62 heavy (non-hydrogen) atoms. The first-order valence-corrected chi connectivity index (χ1v) is 19.0. The van der Waals surface area contributed by atoms with Gasteiger partial charge >= 0.3 is 17.9 Å². The van der Waals surface area contributed by atoms with E-state index in [0.717, 1.165) is 0 Å². The predicted molar refractivity (Wildman–Crippen MR) is 226 cm³/mol. The minimum absolute atomic E-state index is 0. The molecular weight excluding hydrogens is 926 g/mol. The summed E-state index contributed by atoms with van der Waals surface area (Å²) >= 11 is 26.8. The van der Waals surface area contributed by atoms with E-state index in [2.05, 4.69) is 0 Å². The highest BCUT2D eigenvalue weighted by molar-refractivity contribution is 6.70. The molecule has 3 aromatic rings. The number of benzene rings is 3. The van der Waals surface area contributed by atoms with Crippen LogP contribution in [0.4, 0.5) is 0 Å². The number of epoxide rings is 4. The van der Waals surface area contributed by atoms with Crippen molar-refractivity contribution >= 4 is 102 Å². The highest BCUT2D eigenvalue weighted by atomic mass is 35.5. The number of carbonyl (C=O) groups excluding carboxylic acids is 8. The van der Waals surface area contributed by atoms with Crippen LogP contribution in [0.5, 0.6) is 5.75 Å². The third-order valence-corrected chi connectivity index (χ3v) is 8.95. The molecule has 3 aromatic carbocycles. The maximum Gasteiger partial charge on any atom is 0.338 e. The highest BCUT2D eigenvalue weighted by Gasteiger charge is 2.28. The van der Waals surface area contributed by atoms with Gasteiger partial charge in [-0.1, -0.05) is 22.3 Å². The molecule has 4 heterocycles. The number of esters is 3. The molecule has 4 aliphatic heterocycles. The van der Waals surface area contributed by atoms with Crippen molar-refractivity contribution in [2.75, 3.05) is 52.9 Å². The standard InChI is InChI=1S/C15H13ClO7.C12H8Cl2O5.C11H8Cl2O4.3CH4/c16-13(17)8-1-9(14(18)22-6-11-4-20-11)3-10(2-8)15(19)23-7-12-5-21-12;13-10(15)6-1-7(11(14)16)3-8(2-6)12(17)19-5-9-4-18-9;12-10(14)6-1-7(11(13)15)3-8(2-6)16-4-9-5-17-9;;;/h1-3,11-12H,4-7H2;1-3,9H,4-5H2;1-3,9H,4-5H2;3*1H4. The van der Waals surface area contributed by atoms with Crippen LogP contribution >= 0.6 is 58.0 Å². The zero-order valence-corrected chi connectivity index (χ0v) is 33.9. The van der Waals surface area contributed by atoms with Gasteiger partial charge in [-0.2, -0.15) is 0 Å². The summed E-state index contributed by atoms with van der Waals surface area (Å²) in [6, 6.07) is 11.8. The Morgan fingerprint density at radius 1 is 0.387 bits per heavy atom. The minimum Gasteiger partial charge on any atom is -0.491 e. The van der Waals surface area contributed by atoms with Crippen LogP contribution in [-0.4, -0.2) is 121 Å². The van der Waals surface area contributed by atoms with E-state index in [1.54, 1.807) is 0 Å². The smallest absolute Gasteiger partial charge is 0.338 e. The zero-order chi connectivity index (χ0) is 42.8. The van der Waals surface area contributed by atoms with Gasteiger partial charge in [-0.05, 0) is 113 Å². The molecule has 0 spiro atoms. The Morgan fingerprint density at radius 3 is 0.839 bits per heavy atom. The van der Waals surface area contributed by atoms with Crippen molar-refractivity contribution in [1.82, 2.24) is 0 Å². The van der Waals surface area contributed by atoms with Gasteiger partial charge in [0.15, 0.2) is 0 Å². The van der Waals surface area contributed by atoms with Crippen molar-refractivity contribution in [2.24, 2.45) is 0 Å². The topological polar surface area (TPSA) is 224 Å². The van der Waals surface area contributed by atoms with Crippen LogP contribution in [0.3, 0.4) is 0 Å². The lowest BCUT2D eigenvalue weighted by Gasteiger charge is -2.08. The van der Waals surface area contributed by atoms with Crippen molar-refractivity contribution in [3.05, 3.63) is 99.1 Å². The molecule has 0 saturated carbocycles. The summed E-state index contributed by atoms with van der Waals surface area (Å²) in [7, 11) is 0. The summed E-state index contributed by atoms with van der Waals surface area (Å²) in [6.45, 7) is 3.06.